The topological polar surface area (TPSA) is 109 Å². The number of nitrogens with zero attached hydrogens (tertiary/aromatic N) is 3. The van der Waals surface area contributed by atoms with Gasteiger partial charge in [0.15, 0.2) is 0 Å². The Bertz CT molecular complexity index is 967. The fraction of sp³-hybridized carbons (Fsp3) is 0.200. The molecular weight excluding hydrogens is 376 g/mol. The lowest BCUT2D eigenvalue weighted by atomic mass is 10.1. The first-order valence-corrected chi connectivity index (χ1v) is 8.86. The van der Waals surface area contributed by atoms with Crippen molar-refractivity contribution in [2.45, 2.75) is 13.2 Å². The van der Waals surface area contributed by atoms with E-state index in [1.807, 2.05) is 36.4 Å². The van der Waals surface area contributed by atoms with Crippen molar-refractivity contribution >= 4 is 11.6 Å². The monoisotopic (exact) mass is 396 g/mol. The zero-order chi connectivity index (χ0) is 20.6. The average molecular weight is 396 g/mol. The Labute approximate surface area is 167 Å². The summed E-state index contributed by atoms with van der Waals surface area (Å²) < 4.78 is 12.2. The van der Waals surface area contributed by atoms with Gasteiger partial charge < -0.3 is 14.8 Å². The maximum Gasteiger partial charge on any atom is 0.306 e. The summed E-state index contributed by atoms with van der Waals surface area (Å²) in [5, 5.41) is 17.3. The van der Waals surface area contributed by atoms with Crippen molar-refractivity contribution in [3.8, 4) is 11.5 Å². The van der Waals surface area contributed by atoms with Crippen molar-refractivity contribution in [2.75, 3.05) is 13.7 Å². The average Bonchev–Trinajstić information content (AvgIpc) is 3.22. The molecule has 2 aromatic carbocycles. The first-order chi connectivity index (χ1) is 14.0. The molecule has 1 aromatic heterocycles. The van der Waals surface area contributed by atoms with E-state index in [9.17, 15) is 14.9 Å². The molecule has 3 rings (SSSR count). The van der Waals surface area contributed by atoms with Crippen LogP contribution in [0.5, 0.6) is 11.5 Å². The summed E-state index contributed by atoms with van der Waals surface area (Å²) in [5.41, 5.74) is 1.37. The highest BCUT2D eigenvalue weighted by Gasteiger charge is 2.09. The van der Waals surface area contributed by atoms with E-state index in [0.717, 1.165) is 17.1 Å². The minimum atomic E-state index is -0.512. The molecule has 1 N–H and O–H groups in total. The van der Waals surface area contributed by atoms with E-state index in [-0.39, 0.29) is 11.6 Å². The van der Waals surface area contributed by atoms with Crippen molar-refractivity contribution in [3.05, 3.63) is 82.2 Å². The fourth-order valence-corrected chi connectivity index (χ4v) is 2.55. The lowest BCUT2D eigenvalue weighted by Crippen LogP contribution is -2.27. The van der Waals surface area contributed by atoms with Crippen LogP contribution in [0.15, 0.2) is 60.9 Å². The molecule has 1 amide bonds. The van der Waals surface area contributed by atoms with Crippen LogP contribution in [0.4, 0.5) is 5.69 Å². The lowest BCUT2D eigenvalue weighted by Gasteiger charge is -2.08. The van der Waals surface area contributed by atoms with Crippen molar-refractivity contribution in [2.24, 2.45) is 0 Å². The van der Waals surface area contributed by atoms with Gasteiger partial charge in [0.05, 0.1) is 18.6 Å². The smallest absolute Gasteiger partial charge is 0.306 e. The molecule has 0 radical (unpaired) electrons. The Hall–Kier alpha value is -3.88. The number of aromatic nitrogens is 2. The molecule has 0 saturated heterocycles. The lowest BCUT2D eigenvalue weighted by molar-refractivity contribution is -0.385. The number of amides is 1. The zero-order valence-corrected chi connectivity index (χ0v) is 15.8. The summed E-state index contributed by atoms with van der Waals surface area (Å²) in [6, 6.07) is 14.4. The largest absolute Gasteiger partial charge is 0.497 e. The minimum Gasteiger partial charge on any atom is -0.497 e. The molecule has 29 heavy (non-hydrogen) atoms. The van der Waals surface area contributed by atoms with Gasteiger partial charge in [0.2, 0.25) is 0 Å². The normalized spacial score (nSPS) is 10.4. The van der Waals surface area contributed by atoms with Crippen LogP contribution < -0.4 is 14.8 Å². The number of carbonyl (C=O) groups is 1. The minimum absolute atomic E-state index is 0.0798. The third-order valence-electron chi connectivity index (χ3n) is 4.14. The molecular formula is C20H20N4O5. The Kier molecular flexibility index (Phi) is 6.41. The van der Waals surface area contributed by atoms with Crippen LogP contribution >= 0.6 is 0 Å². The van der Waals surface area contributed by atoms with E-state index < -0.39 is 4.92 Å². The molecule has 0 saturated carbocycles. The fourth-order valence-electron chi connectivity index (χ4n) is 2.55. The van der Waals surface area contributed by atoms with Gasteiger partial charge in [-0.3, -0.25) is 19.6 Å². The Morgan fingerprint density at radius 3 is 2.45 bits per heavy atom. The standard InChI is InChI=1S/C20H20N4O5/c1-28-18-6-8-19(9-7-18)29-14-15-2-4-16(5-3-15)20(25)21-10-11-23-13-17(12-22-23)24(26)27/h2-9,12-13H,10-11,14H2,1H3,(H,21,25). The highest BCUT2D eigenvalue weighted by atomic mass is 16.6. The molecule has 0 spiro atoms. The zero-order valence-electron chi connectivity index (χ0n) is 15.8. The van der Waals surface area contributed by atoms with Gasteiger partial charge in [-0.2, -0.15) is 5.10 Å². The second-order valence-corrected chi connectivity index (χ2v) is 6.14. The third kappa shape index (κ3) is 5.55. The van der Waals surface area contributed by atoms with Crippen LogP contribution in [0.2, 0.25) is 0 Å². The van der Waals surface area contributed by atoms with Crippen LogP contribution in [-0.4, -0.2) is 34.3 Å². The molecule has 3 aromatic rings. The van der Waals surface area contributed by atoms with E-state index in [4.69, 9.17) is 9.47 Å². The van der Waals surface area contributed by atoms with Gasteiger partial charge in [0, 0.05) is 12.1 Å². The molecule has 9 heteroatoms. The number of rotatable bonds is 9. The summed E-state index contributed by atoms with van der Waals surface area (Å²) >= 11 is 0. The van der Waals surface area contributed by atoms with Crippen LogP contribution in [-0.2, 0) is 13.2 Å². The van der Waals surface area contributed by atoms with Crippen molar-refractivity contribution in [1.82, 2.24) is 15.1 Å². The highest BCUT2D eigenvalue weighted by molar-refractivity contribution is 5.94. The van der Waals surface area contributed by atoms with E-state index in [1.165, 1.54) is 17.1 Å². The molecule has 0 fully saturated rings. The van der Waals surface area contributed by atoms with E-state index in [0.29, 0.717) is 25.3 Å². The number of hydrogen-bond donors (Lipinski definition) is 1. The number of ether oxygens (including phenoxy) is 2. The first-order valence-electron chi connectivity index (χ1n) is 8.86. The van der Waals surface area contributed by atoms with Gasteiger partial charge in [-0.15, -0.1) is 0 Å². The molecule has 0 aliphatic heterocycles. The Morgan fingerprint density at radius 1 is 1.14 bits per heavy atom. The van der Waals surface area contributed by atoms with Crippen molar-refractivity contribution in [1.29, 1.82) is 0 Å². The Morgan fingerprint density at radius 2 is 1.83 bits per heavy atom. The predicted octanol–water partition coefficient (Wildman–Crippen LogP) is 2.81. The van der Waals surface area contributed by atoms with Crippen LogP contribution in [0.3, 0.4) is 0 Å². The van der Waals surface area contributed by atoms with Gasteiger partial charge in [0.25, 0.3) is 5.91 Å². The van der Waals surface area contributed by atoms with Gasteiger partial charge in [-0.25, -0.2) is 0 Å². The number of benzene rings is 2. The molecule has 150 valence electrons. The van der Waals surface area contributed by atoms with Crippen LogP contribution in [0.25, 0.3) is 0 Å². The Balaban J connectivity index is 1.45. The number of nitro groups is 1. The molecule has 0 bridgehead atoms. The first kappa shape index (κ1) is 19.9. The van der Waals surface area contributed by atoms with Crippen LogP contribution in [0, 0.1) is 10.1 Å². The van der Waals surface area contributed by atoms with Crippen LogP contribution in [0.1, 0.15) is 15.9 Å². The van der Waals surface area contributed by atoms with E-state index >= 15 is 0 Å². The van der Waals surface area contributed by atoms with Gasteiger partial charge >= 0.3 is 5.69 Å². The SMILES string of the molecule is COc1ccc(OCc2ccc(C(=O)NCCn3cc([N+](=O)[O-])cn3)cc2)cc1. The van der Waals surface area contributed by atoms with Gasteiger partial charge in [0.1, 0.15) is 30.5 Å². The molecule has 9 nitrogen and oxygen atoms in total. The maximum atomic E-state index is 12.2. The second-order valence-electron chi connectivity index (χ2n) is 6.14. The maximum absolute atomic E-state index is 12.2. The molecule has 0 unspecified atom stereocenters. The number of nitrogens with one attached hydrogen (secondary N) is 1. The van der Waals surface area contributed by atoms with Gasteiger partial charge in [-0.05, 0) is 42.0 Å². The molecule has 0 aliphatic carbocycles. The second kappa shape index (κ2) is 9.36. The van der Waals surface area contributed by atoms with Crippen molar-refractivity contribution in [3.63, 3.8) is 0 Å². The summed E-state index contributed by atoms with van der Waals surface area (Å²) in [7, 11) is 1.61. The molecule has 1 heterocycles. The number of carbonyl (C=O) groups excluding carboxylic acids is 1. The third-order valence-corrected chi connectivity index (χ3v) is 4.14. The summed E-state index contributed by atoms with van der Waals surface area (Å²) in [6.45, 7) is 1.03. The number of hydrogen-bond acceptors (Lipinski definition) is 6. The van der Waals surface area contributed by atoms with Gasteiger partial charge in [-0.1, -0.05) is 12.1 Å². The highest BCUT2D eigenvalue weighted by Crippen LogP contribution is 2.18. The quantitative estimate of drug-likeness (QED) is 0.440. The molecule has 0 atom stereocenters. The summed E-state index contributed by atoms with van der Waals surface area (Å²) in [5.74, 6) is 1.26. The summed E-state index contributed by atoms with van der Waals surface area (Å²) in [4.78, 5) is 22.3. The van der Waals surface area contributed by atoms with E-state index in [1.54, 1.807) is 19.2 Å². The number of methoxy groups -OCH3 is 1. The van der Waals surface area contributed by atoms with E-state index in [2.05, 4.69) is 10.4 Å². The summed E-state index contributed by atoms with van der Waals surface area (Å²) in [6.07, 6.45) is 2.50. The molecule has 0 aliphatic rings. The predicted molar refractivity (Wildman–Crippen MR) is 105 cm³/mol. The van der Waals surface area contributed by atoms with Crippen molar-refractivity contribution < 1.29 is 19.2 Å².